The molecule has 4 nitrogen and oxygen atoms in total. The molecule has 0 heterocycles. The van der Waals surface area contributed by atoms with Crippen molar-refractivity contribution in [3.8, 4) is 5.75 Å². The van der Waals surface area contributed by atoms with E-state index in [1.54, 1.807) is 30.3 Å². The van der Waals surface area contributed by atoms with Crippen molar-refractivity contribution < 1.29 is 9.90 Å². The highest BCUT2D eigenvalue weighted by molar-refractivity contribution is 6.31. The maximum atomic E-state index is 12.2. The Morgan fingerprint density at radius 2 is 1.78 bits per heavy atom. The fourth-order valence-electron chi connectivity index (χ4n) is 2.38. The standard InChI is InChI=1S/C18H15ClN2O2/c1-11-5-6-13(19)10-17(11)21-18(23)20-16-4-2-3-12-9-14(22)7-8-15(12)16/h2-10,22H,1H3,(H2,20,21,23). The highest BCUT2D eigenvalue weighted by Gasteiger charge is 2.08. The smallest absolute Gasteiger partial charge is 0.323 e. The van der Waals surface area contributed by atoms with Crippen LogP contribution in [0.4, 0.5) is 16.2 Å². The Bertz CT molecular complexity index is 893. The predicted octanol–water partition coefficient (Wildman–Crippen LogP) is 5.15. The van der Waals surface area contributed by atoms with E-state index in [1.165, 1.54) is 0 Å². The third kappa shape index (κ3) is 3.38. The summed E-state index contributed by atoms with van der Waals surface area (Å²) in [6.07, 6.45) is 0. The Balaban J connectivity index is 1.84. The van der Waals surface area contributed by atoms with E-state index in [1.807, 2.05) is 31.2 Å². The minimum atomic E-state index is -0.351. The maximum Gasteiger partial charge on any atom is 0.323 e. The molecule has 0 unspecified atom stereocenters. The number of aryl methyl sites for hydroxylation is 1. The number of anilines is 2. The summed E-state index contributed by atoms with van der Waals surface area (Å²) in [7, 11) is 0. The van der Waals surface area contributed by atoms with Crippen molar-refractivity contribution in [2.24, 2.45) is 0 Å². The van der Waals surface area contributed by atoms with Gasteiger partial charge in [-0.3, -0.25) is 0 Å². The summed E-state index contributed by atoms with van der Waals surface area (Å²) in [4.78, 5) is 12.2. The molecule has 2 amide bonds. The van der Waals surface area contributed by atoms with Gasteiger partial charge in [-0.25, -0.2) is 4.79 Å². The van der Waals surface area contributed by atoms with E-state index in [-0.39, 0.29) is 11.8 Å². The number of phenols is 1. The van der Waals surface area contributed by atoms with Gasteiger partial charge in [0.15, 0.2) is 0 Å². The molecule has 116 valence electrons. The van der Waals surface area contributed by atoms with Crippen molar-refractivity contribution in [3.05, 3.63) is 65.2 Å². The number of hydrogen-bond donors (Lipinski definition) is 3. The first-order valence-corrected chi connectivity index (χ1v) is 7.46. The number of rotatable bonds is 2. The van der Waals surface area contributed by atoms with Crippen molar-refractivity contribution in [1.29, 1.82) is 0 Å². The van der Waals surface area contributed by atoms with Crippen LogP contribution in [0, 0.1) is 6.92 Å². The molecule has 0 aliphatic heterocycles. The van der Waals surface area contributed by atoms with Gasteiger partial charge in [0.1, 0.15) is 5.75 Å². The first kappa shape index (κ1) is 15.2. The number of amides is 2. The van der Waals surface area contributed by atoms with Gasteiger partial charge in [-0.1, -0.05) is 29.8 Å². The van der Waals surface area contributed by atoms with Crippen LogP contribution < -0.4 is 10.6 Å². The monoisotopic (exact) mass is 326 g/mol. The lowest BCUT2D eigenvalue weighted by atomic mass is 10.1. The molecule has 0 saturated carbocycles. The third-order valence-electron chi connectivity index (χ3n) is 3.56. The van der Waals surface area contributed by atoms with Gasteiger partial charge in [-0.2, -0.15) is 0 Å². The van der Waals surface area contributed by atoms with Crippen LogP contribution in [-0.4, -0.2) is 11.1 Å². The number of aromatic hydroxyl groups is 1. The third-order valence-corrected chi connectivity index (χ3v) is 3.80. The van der Waals surface area contributed by atoms with E-state index in [0.29, 0.717) is 16.4 Å². The van der Waals surface area contributed by atoms with Crippen molar-refractivity contribution in [2.75, 3.05) is 10.6 Å². The molecule has 0 aliphatic carbocycles. The maximum absolute atomic E-state index is 12.2. The molecule has 0 bridgehead atoms. The van der Waals surface area contributed by atoms with Crippen molar-refractivity contribution in [2.45, 2.75) is 6.92 Å². The van der Waals surface area contributed by atoms with E-state index >= 15 is 0 Å². The number of carbonyl (C=O) groups is 1. The molecule has 0 aromatic heterocycles. The van der Waals surface area contributed by atoms with Crippen LogP contribution in [0.2, 0.25) is 5.02 Å². The second-order valence-corrected chi connectivity index (χ2v) is 5.69. The normalized spacial score (nSPS) is 10.5. The van der Waals surface area contributed by atoms with Crippen LogP contribution in [0.15, 0.2) is 54.6 Å². The Labute approximate surface area is 138 Å². The average Bonchev–Trinajstić information content (AvgIpc) is 2.51. The molecule has 3 aromatic carbocycles. The van der Waals surface area contributed by atoms with Crippen LogP contribution in [-0.2, 0) is 0 Å². The predicted molar refractivity (Wildman–Crippen MR) is 94.4 cm³/mol. The molecule has 0 spiro atoms. The summed E-state index contributed by atoms with van der Waals surface area (Å²) in [6, 6.07) is 15.5. The van der Waals surface area contributed by atoms with E-state index < -0.39 is 0 Å². The van der Waals surface area contributed by atoms with Gasteiger partial charge in [0.2, 0.25) is 0 Å². The Kier molecular flexibility index (Phi) is 4.08. The summed E-state index contributed by atoms with van der Waals surface area (Å²) >= 11 is 5.96. The number of nitrogens with one attached hydrogen (secondary N) is 2. The van der Waals surface area contributed by atoms with Crippen molar-refractivity contribution >= 4 is 39.8 Å². The lowest BCUT2D eigenvalue weighted by molar-refractivity contribution is 0.262. The van der Waals surface area contributed by atoms with E-state index in [9.17, 15) is 9.90 Å². The highest BCUT2D eigenvalue weighted by atomic mass is 35.5. The number of fused-ring (bicyclic) bond motifs is 1. The average molecular weight is 327 g/mol. The molecular formula is C18H15ClN2O2. The van der Waals surface area contributed by atoms with Crippen LogP contribution in [0.3, 0.4) is 0 Å². The minimum absolute atomic E-state index is 0.189. The lowest BCUT2D eigenvalue weighted by Gasteiger charge is -2.12. The lowest BCUT2D eigenvalue weighted by Crippen LogP contribution is -2.20. The van der Waals surface area contributed by atoms with Gasteiger partial charge in [0.05, 0.1) is 5.69 Å². The van der Waals surface area contributed by atoms with Gasteiger partial charge in [0, 0.05) is 16.1 Å². The Hall–Kier alpha value is -2.72. The molecule has 0 aliphatic rings. The largest absolute Gasteiger partial charge is 0.508 e. The number of urea groups is 1. The zero-order valence-corrected chi connectivity index (χ0v) is 13.2. The number of benzene rings is 3. The summed E-state index contributed by atoms with van der Waals surface area (Å²) in [5.74, 6) is 0.189. The number of phenolic OH excluding ortho intramolecular Hbond substituents is 1. The van der Waals surface area contributed by atoms with Gasteiger partial charge in [-0.15, -0.1) is 0 Å². The van der Waals surface area contributed by atoms with Gasteiger partial charge < -0.3 is 15.7 Å². The highest BCUT2D eigenvalue weighted by Crippen LogP contribution is 2.27. The van der Waals surface area contributed by atoms with Gasteiger partial charge in [0.25, 0.3) is 0 Å². The SMILES string of the molecule is Cc1ccc(Cl)cc1NC(=O)Nc1cccc2cc(O)ccc12. The first-order valence-electron chi connectivity index (χ1n) is 7.09. The number of halogens is 1. The molecule has 0 radical (unpaired) electrons. The fraction of sp³-hybridized carbons (Fsp3) is 0.0556. The molecule has 0 atom stereocenters. The van der Waals surface area contributed by atoms with Crippen molar-refractivity contribution in [1.82, 2.24) is 0 Å². The van der Waals surface area contributed by atoms with Gasteiger partial charge in [-0.05, 0) is 54.3 Å². The molecule has 3 N–H and O–H groups in total. The van der Waals surface area contributed by atoms with E-state index in [0.717, 1.165) is 16.3 Å². The quantitative estimate of drug-likeness (QED) is 0.609. The fourth-order valence-corrected chi connectivity index (χ4v) is 2.56. The zero-order chi connectivity index (χ0) is 16.4. The first-order chi connectivity index (χ1) is 11.0. The minimum Gasteiger partial charge on any atom is -0.508 e. The van der Waals surface area contributed by atoms with E-state index in [4.69, 9.17) is 11.6 Å². The topological polar surface area (TPSA) is 61.4 Å². The number of hydrogen-bond acceptors (Lipinski definition) is 2. The Morgan fingerprint density at radius 3 is 2.61 bits per heavy atom. The second kappa shape index (κ2) is 6.18. The van der Waals surface area contributed by atoms with Crippen molar-refractivity contribution in [3.63, 3.8) is 0 Å². The molecule has 0 saturated heterocycles. The number of carbonyl (C=O) groups excluding carboxylic acids is 1. The molecular weight excluding hydrogens is 312 g/mol. The molecule has 23 heavy (non-hydrogen) atoms. The molecule has 3 rings (SSSR count). The van der Waals surface area contributed by atoms with Crippen LogP contribution in [0.5, 0.6) is 5.75 Å². The molecule has 3 aromatic rings. The second-order valence-electron chi connectivity index (χ2n) is 5.25. The summed E-state index contributed by atoms with van der Waals surface area (Å²) in [5.41, 5.74) is 2.25. The summed E-state index contributed by atoms with van der Waals surface area (Å²) in [5, 5.41) is 17.4. The van der Waals surface area contributed by atoms with Crippen LogP contribution in [0.25, 0.3) is 10.8 Å². The Morgan fingerprint density at radius 1 is 1.00 bits per heavy atom. The molecule has 0 fully saturated rings. The summed E-state index contributed by atoms with van der Waals surface area (Å²) < 4.78 is 0. The van der Waals surface area contributed by atoms with Crippen LogP contribution in [0.1, 0.15) is 5.56 Å². The van der Waals surface area contributed by atoms with Crippen LogP contribution >= 0.6 is 11.6 Å². The van der Waals surface area contributed by atoms with Gasteiger partial charge >= 0.3 is 6.03 Å². The summed E-state index contributed by atoms with van der Waals surface area (Å²) in [6.45, 7) is 1.90. The molecule has 5 heteroatoms. The zero-order valence-electron chi connectivity index (χ0n) is 12.4. The van der Waals surface area contributed by atoms with E-state index in [2.05, 4.69) is 10.6 Å².